The van der Waals surface area contributed by atoms with Crippen molar-refractivity contribution in [3.8, 4) is 22.4 Å². The molecule has 3 rings (SSSR count). The molecule has 0 aliphatic carbocycles. The number of rotatable bonds is 6. The lowest BCUT2D eigenvalue weighted by molar-refractivity contribution is -0.686. The summed E-state index contributed by atoms with van der Waals surface area (Å²) in [4.78, 5) is 4.67. The first-order valence-corrected chi connectivity index (χ1v) is 10.3. The second-order valence-electron chi connectivity index (χ2n) is 8.36. The van der Waals surface area contributed by atoms with Gasteiger partial charge in [-0.25, -0.2) is 0 Å². The normalized spacial score (nSPS) is 11.7. The lowest BCUT2D eigenvalue weighted by Gasteiger charge is -2.19. The highest BCUT2D eigenvalue weighted by Gasteiger charge is 2.22. The van der Waals surface area contributed by atoms with Gasteiger partial charge in [0.25, 0.3) is 0 Å². The Hall–Kier alpha value is -3.00. The summed E-state index contributed by atoms with van der Waals surface area (Å²) in [7, 11) is 0. The van der Waals surface area contributed by atoms with Crippen LogP contribution in [0.5, 0.6) is 0 Å². The fourth-order valence-electron chi connectivity index (χ4n) is 3.46. The second-order valence-corrected chi connectivity index (χ2v) is 8.36. The van der Waals surface area contributed by atoms with E-state index in [1.165, 1.54) is 22.4 Å². The number of hydrogen-bond acceptors (Lipinski definition) is 1. The molecule has 2 heteroatoms. The van der Waals surface area contributed by atoms with Crippen LogP contribution in [0.25, 0.3) is 22.4 Å². The van der Waals surface area contributed by atoms with Crippen LogP contribution in [0.1, 0.15) is 39.7 Å². The third kappa shape index (κ3) is 4.89. The van der Waals surface area contributed by atoms with Crippen LogP contribution in [0.2, 0.25) is 0 Å². The zero-order valence-electron chi connectivity index (χ0n) is 18.0. The summed E-state index contributed by atoms with van der Waals surface area (Å²) in [5.74, 6) is 0. The molecule has 1 aromatic heterocycles. The van der Waals surface area contributed by atoms with Crippen LogP contribution < -0.4 is 4.57 Å². The first-order valence-electron chi connectivity index (χ1n) is 10.3. The lowest BCUT2D eigenvalue weighted by atomic mass is 9.86. The maximum absolute atomic E-state index is 4.67. The summed E-state index contributed by atoms with van der Waals surface area (Å²) in [6, 6.07) is 21.6. The average Bonchev–Trinajstić information content (AvgIpc) is 2.72. The Bertz CT molecular complexity index is 1010. The molecule has 29 heavy (non-hydrogen) atoms. The SMILES string of the molecule is C=CC=Nc1ccc(-c2ccccc2)cc1-c1cc(C(C)(C)C)cc[n+]1CCC. The molecule has 0 spiro atoms. The number of nitrogens with zero attached hydrogens (tertiary/aromatic N) is 2. The molecule has 148 valence electrons. The van der Waals surface area contributed by atoms with Crippen molar-refractivity contribution in [1.29, 1.82) is 0 Å². The minimum atomic E-state index is 0.0850. The van der Waals surface area contributed by atoms with E-state index in [0.717, 1.165) is 24.2 Å². The summed E-state index contributed by atoms with van der Waals surface area (Å²) in [5, 5.41) is 0. The van der Waals surface area contributed by atoms with Gasteiger partial charge < -0.3 is 0 Å². The van der Waals surface area contributed by atoms with Crippen molar-refractivity contribution >= 4 is 11.9 Å². The summed E-state index contributed by atoms with van der Waals surface area (Å²) in [6.07, 6.45) is 6.78. The molecule has 0 atom stereocenters. The van der Waals surface area contributed by atoms with Crippen molar-refractivity contribution in [3.05, 3.63) is 85.1 Å². The Morgan fingerprint density at radius 1 is 0.966 bits per heavy atom. The van der Waals surface area contributed by atoms with Crippen molar-refractivity contribution in [2.24, 2.45) is 4.99 Å². The molecule has 0 fully saturated rings. The van der Waals surface area contributed by atoms with Gasteiger partial charge in [0, 0.05) is 24.8 Å². The number of aliphatic imine (C=N–C) groups is 1. The van der Waals surface area contributed by atoms with Crippen molar-refractivity contribution in [2.45, 2.75) is 46.1 Å². The van der Waals surface area contributed by atoms with Crippen molar-refractivity contribution < 1.29 is 4.57 Å². The Morgan fingerprint density at radius 3 is 2.38 bits per heavy atom. The number of aromatic nitrogens is 1. The summed E-state index contributed by atoms with van der Waals surface area (Å²) in [6.45, 7) is 13.7. The number of aryl methyl sites for hydroxylation is 1. The first kappa shape index (κ1) is 20.7. The van der Waals surface area contributed by atoms with Crippen molar-refractivity contribution in [1.82, 2.24) is 0 Å². The molecule has 0 aliphatic heterocycles. The fraction of sp³-hybridized carbons (Fsp3) is 0.259. The molecule has 0 unspecified atom stereocenters. The predicted octanol–water partition coefficient (Wildman–Crippen LogP) is 6.90. The third-order valence-electron chi connectivity index (χ3n) is 5.06. The van der Waals surface area contributed by atoms with E-state index >= 15 is 0 Å². The maximum Gasteiger partial charge on any atom is 0.214 e. The molecule has 2 nitrogen and oxygen atoms in total. The van der Waals surface area contributed by atoms with Crippen LogP contribution in [-0.4, -0.2) is 6.21 Å². The average molecular weight is 384 g/mol. The lowest BCUT2D eigenvalue weighted by Crippen LogP contribution is -2.36. The van der Waals surface area contributed by atoms with Gasteiger partial charge in [0.1, 0.15) is 6.54 Å². The number of hydrogen-bond donors (Lipinski definition) is 0. The van der Waals surface area contributed by atoms with Crippen molar-refractivity contribution in [2.75, 3.05) is 0 Å². The van der Waals surface area contributed by atoms with Gasteiger partial charge in [-0.1, -0.05) is 76.7 Å². The van der Waals surface area contributed by atoms with Gasteiger partial charge >= 0.3 is 0 Å². The molecule has 0 aliphatic rings. The van der Waals surface area contributed by atoms with Crippen LogP contribution in [0.4, 0.5) is 5.69 Å². The monoisotopic (exact) mass is 383 g/mol. The highest BCUT2D eigenvalue weighted by molar-refractivity contribution is 5.83. The van der Waals surface area contributed by atoms with Crippen molar-refractivity contribution in [3.63, 3.8) is 0 Å². The molecule has 1 heterocycles. The summed E-state index contributed by atoms with van der Waals surface area (Å²) < 4.78 is 2.34. The van der Waals surface area contributed by atoms with Gasteiger partial charge in [0.05, 0.1) is 11.3 Å². The molecular weight excluding hydrogens is 352 g/mol. The number of benzene rings is 2. The van der Waals surface area contributed by atoms with E-state index < -0.39 is 0 Å². The molecule has 0 N–H and O–H groups in total. The highest BCUT2D eigenvalue weighted by atomic mass is 15.0. The molecule has 3 aromatic rings. The molecule has 0 saturated carbocycles. The van der Waals surface area contributed by atoms with E-state index in [9.17, 15) is 0 Å². The first-order chi connectivity index (χ1) is 13.9. The van der Waals surface area contributed by atoms with Gasteiger partial charge in [0.2, 0.25) is 5.69 Å². The standard InChI is InChI=1S/C27H31N2/c1-6-16-28-25-14-13-22(21-11-9-8-10-12-21)19-24(25)26-20-23(27(3,4)5)15-18-29(26)17-7-2/h6,8-16,18-20H,1,7,17H2,2-5H3/q+1. The van der Waals surface area contributed by atoms with Crippen LogP contribution in [0.3, 0.4) is 0 Å². The van der Waals surface area contributed by atoms with E-state index in [2.05, 4.69) is 111 Å². The van der Waals surface area contributed by atoms with Gasteiger partial charge in [-0.3, -0.25) is 4.99 Å². The number of pyridine rings is 1. The van der Waals surface area contributed by atoms with E-state index in [-0.39, 0.29) is 5.41 Å². The van der Waals surface area contributed by atoms with E-state index in [4.69, 9.17) is 0 Å². The minimum Gasteiger partial charge on any atom is -0.256 e. The van der Waals surface area contributed by atoms with E-state index in [0.29, 0.717) is 0 Å². The highest BCUT2D eigenvalue weighted by Crippen LogP contribution is 2.35. The zero-order chi connectivity index (χ0) is 20.9. The zero-order valence-corrected chi connectivity index (χ0v) is 18.0. The third-order valence-corrected chi connectivity index (χ3v) is 5.06. The maximum atomic E-state index is 4.67. The predicted molar refractivity (Wildman–Crippen MR) is 125 cm³/mol. The van der Waals surface area contributed by atoms with E-state index in [1.807, 2.05) is 0 Å². The second kappa shape index (κ2) is 9.00. The fourth-order valence-corrected chi connectivity index (χ4v) is 3.46. The largest absolute Gasteiger partial charge is 0.256 e. The molecule has 0 amide bonds. The molecule has 0 bridgehead atoms. The Labute approximate surface area is 175 Å². The Morgan fingerprint density at radius 2 is 1.72 bits per heavy atom. The molecular formula is C27H31N2+. The smallest absolute Gasteiger partial charge is 0.214 e. The molecule has 0 radical (unpaired) electrons. The molecule has 2 aromatic carbocycles. The Kier molecular flexibility index (Phi) is 6.43. The van der Waals surface area contributed by atoms with Crippen LogP contribution in [-0.2, 0) is 12.0 Å². The minimum absolute atomic E-state index is 0.0850. The summed E-state index contributed by atoms with van der Waals surface area (Å²) in [5.41, 5.74) is 7.12. The van der Waals surface area contributed by atoms with Gasteiger partial charge in [-0.05, 0) is 34.2 Å². The van der Waals surface area contributed by atoms with Gasteiger partial charge in [0.15, 0.2) is 6.20 Å². The molecule has 0 saturated heterocycles. The topological polar surface area (TPSA) is 16.2 Å². The van der Waals surface area contributed by atoms with Crippen LogP contribution >= 0.6 is 0 Å². The van der Waals surface area contributed by atoms with Gasteiger partial charge in [-0.15, -0.1) is 0 Å². The quantitative estimate of drug-likeness (QED) is 0.325. The van der Waals surface area contributed by atoms with Crippen LogP contribution in [0, 0.1) is 0 Å². The van der Waals surface area contributed by atoms with Crippen LogP contribution in [0.15, 0.2) is 84.5 Å². The number of allylic oxidation sites excluding steroid dienone is 1. The summed E-state index contributed by atoms with van der Waals surface area (Å²) >= 11 is 0. The van der Waals surface area contributed by atoms with Gasteiger partial charge in [-0.2, -0.15) is 4.57 Å². The van der Waals surface area contributed by atoms with E-state index in [1.54, 1.807) is 12.3 Å². The Balaban J connectivity index is 2.26.